The first kappa shape index (κ1) is 20.7. The van der Waals surface area contributed by atoms with Crippen LogP contribution in [-0.2, 0) is 11.3 Å². The quantitative estimate of drug-likeness (QED) is 0.245. The fraction of sp³-hybridized carbons (Fsp3) is 0.227. The lowest BCUT2D eigenvalue weighted by molar-refractivity contribution is -0.111. The van der Waals surface area contributed by atoms with E-state index in [0.717, 1.165) is 22.3 Å². The molecular formula is C22H21FIN5O. The fourth-order valence-corrected chi connectivity index (χ4v) is 4.39. The zero-order chi connectivity index (χ0) is 21.0. The minimum atomic E-state index is -1.05. The summed E-state index contributed by atoms with van der Waals surface area (Å²) in [6.45, 7) is 0.684. The lowest BCUT2D eigenvalue weighted by atomic mass is 9.90. The zero-order valence-electron chi connectivity index (χ0n) is 16.1. The molecule has 154 valence electrons. The van der Waals surface area contributed by atoms with Crippen LogP contribution in [0, 0.1) is 0 Å². The van der Waals surface area contributed by atoms with Gasteiger partial charge < -0.3 is 10.6 Å². The van der Waals surface area contributed by atoms with Crippen LogP contribution >= 0.6 is 22.6 Å². The van der Waals surface area contributed by atoms with Crippen molar-refractivity contribution in [3.8, 4) is 11.1 Å². The number of rotatable bonds is 7. The third-order valence-electron chi connectivity index (χ3n) is 4.98. The number of nitrogens with one attached hydrogen (secondary N) is 3. The van der Waals surface area contributed by atoms with Gasteiger partial charge in [-0.05, 0) is 58.0 Å². The molecule has 2 heterocycles. The molecule has 0 saturated heterocycles. The standard InChI is InChI=1S/C22H21FIN5O/c23-22(24)9-19(10-22)26-11-15-1-4-18(5-2-15)29-21(30)6-3-16-12-25-8-7-20(16)17-13-27-28-14-17/h1-8,12-14,19,26H,9-11H2,(H,27,28)(H,29,30)/b6-3+. The summed E-state index contributed by atoms with van der Waals surface area (Å²) in [6.07, 6.45) is 11.3. The van der Waals surface area contributed by atoms with Crippen molar-refractivity contribution in [3.63, 3.8) is 0 Å². The van der Waals surface area contributed by atoms with Crippen molar-refractivity contribution in [2.75, 3.05) is 5.32 Å². The molecule has 0 atom stereocenters. The van der Waals surface area contributed by atoms with E-state index in [9.17, 15) is 9.18 Å². The number of H-pyrrole nitrogens is 1. The highest BCUT2D eigenvalue weighted by atomic mass is 127. The number of benzene rings is 1. The second-order valence-electron chi connectivity index (χ2n) is 7.31. The molecule has 30 heavy (non-hydrogen) atoms. The van der Waals surface area contributed by atoms with E-state index >= 15 is 0 Å². The Morgan fingerprint density at radius 3 is 2.77 bits per heavy atom. The van der Waals surface area contributed by atoms with Crippen molar-refractivity contribution in [3.05, 3.63) is 72.3 Å². The second kappa shape index (κ2) is 9.05. The van der Waals surface area contributed by atoms with Gasteiger partial charge >= 0.3 is 0 Å². The van der Waals surface area contributed by atoms with Crippen molar-refractivity contribution in [1.82, 2.24) is 20.5 Å². The van der Waals surface area contributed by atoms with Crippen LogP contribution < -0.4 is 10.6 Å². The third kappa shape index (κ3) is 5.31. The minimum Gasteiger partial charge on any atom is -0.323 e. The van der Waals surface area contributed by atoms with E-state index in [-0.39, 0.29) is 11.9 Å². The Morgan fingerprint density at radius 2 is 2.07 bits per heavy atom. The molecule has 1 fully saturated rings. The smallest absolute Gasteiger partial charge is 0.248 e. The molecule has 0 unspecified atom stereocenters. The van der Waals surface area contributed by atoms with Crippen molar-refractivity contribution in [2.45, 2.75) is 29.1 Å². The number of halogens is 2. The molecule has 1 saturated carbocycles. The van der Waals surface area contributed by atoms with Crippen LogP contribution in [-0.4, -0.2) is 30.8 Å². The van der Waals surface area contributed by atoms with Gasteiger partial charge in [0.25, 0.3) is 0 Å². The van der Waals surface area contributed by atoms with Crippen molar-refractivity contribution < 1.29 is 9.18 Å². The molecule has 8 heteroatoms. The largest absolute Gasteiger partial charge is 0.323 e. The predicted molar refractivity (Wildman–Crippen MR) is 124 cm³/mol. The number of anilines is 1. The van der Waals surface area contributed by atoms with Gasteiger partial charge in [-0.25, -0.2) is 4.39 Å². The first-order valence-corrected chi connectivity index (χ1v) is 10.7. The van der Waals surface area contributed by atoms with Gasteiger partial charge in [-0.1, -0.05) is 12.1 Å². The number of hydrogen-bond donors (Lipinski definition) is 3. The van der Waals surface area contributed by atoms with Crippen LogP contribution in [0.1, 0.15) is 24.0 Å². The Hall–Kier alpha value is -2.59. The second-order valence-corrected chi connectivity index (χ2v) is 9.24. The van der Waals surface area contributed by atoms with Gasteiger partial charge in [-0.15, -0.1) is 0 Å². The Labute approximate surface area is 187 Å². The first-order valence-electron chi connectivity index (χ1n) is 9.61. The molecule has 2 aromatic heterocycles. The summed E-state index contributed by atoms with van der Waals surface area (Å²) < 4.78 is 12.5. The van der Waals surface area contributed by atoms with E-state index in [0.29, 0.717) is 25.1 Å². The van der Waals surface area contributed by atoms with E-state index in [1.807, 2.05) is 52.9 Å². The van der Waals surface area contributed by atoms with Crippen LogP contribution in [0.25, 0.3) is 17.2 Å². The number of aromatic nitrogens is 3. The Morgan fingerprint density at radius 1 is 1.27 bits per heavy atom. The summed E-state index contributed by atoms with van der Waals surface area (Å²) in [5, 5.41) is 13.0. The molecule has 0 bridgehead atoms. The maximum Gasteiger partial charge on any atom is 0.248 e. The summed E-state index contributed by atoms with van der Waals surface area (Å²) in [4.78, 5) is 16.4. The van der Waals surface area contributed by atoms with Gasteiger partial charge in [0.1, 0.15) is 0 Å². The van der Waals surface area contributed by atoms with Crippen molar-refractivity contribution >= 4 is 40.3 Å². The third-order valence-corrected chi connectivity index (χ3v) is 5.86. The molecule has 3 aromatic rings. The average Bonchev–Trinajstić information content (AvgIpc) is 3.25. The molecule has 1 amide bonds. The maximum atomic E-state index is 13.5. The van der Waals surface area contributed by atoms with Gasteiger partial charge in [-0.2, -0.15) is 5.10 Å². The van der Waals surface area contributed by atoms with Crippen molar-refractivity contribution in [1.29, 1.82) is 0 Å². The average molecular weight is 517 g/mol. The summed E-state index contributed by atoms with van der Waals surface area (Å²) in [7, 11) is 0. The highest BCUT2D eigenvalue weighted by Crippen LogP contribution is 2.42. The molecule has 4 rings (SSSR count). The molecule has 1 aliphatic rings. The molecule has 0 spiro atoms. The van der Waals surface area contributed by atoms with Crippen LogP contribution in [0.3, 0.4) is 0 Å². The zero-order valence-corrected chi connectivity index (χ0v) is 18.3. The number of pyridine rings is 1. The number of aromatic amines is 1. The van der Waals surface area contributed by atoms with Crippen LogP contribution in [0.4, 0.5) is 10.1 Å². The minimum absolute atomic E-state index is 0.223. The summed E-state index contributed by atoms with van der Waals surface area (Å²) in [5.41, 5.74) is 4.51. The first-order chi connectivity index (χ1) is 14.5. The number of hydrogen-bond acceptors (Lipinski definition) is 4. The van der Waals surface area contributed by atoms with Gasteiger partial charge in [0.15, 0.2) is 3.68 Å². The van der Waals surface area contributed by atoms with E-state index < -0.39 is 3.68 Å². The van der Waals surface area contributed by atoms with Crippen molar-refractivity contribution in [2.24, 2.45) is 0 Å². The predicted octanol–water partition coefficient (Wildman–Crippen LogP) is 4.48. The van der Waals surface area contributed by atoms with Gasteiger partial charge in [0, 0.05) is 66.9 Å². The normalized spacial score (nSPS) is 20.8. The van der Waals surface area contributed by atoms with E-state index in [1.54, 1.807) is 30.9 Å². The molecule has 0 radical (unpaired) electrons. The molecule has 0 aliphatic heterocycles. The van der Waals surface area contributed by atoms with Gasteiger partial charge in [-0.3, -0.25) is 14.9 Å². The number of carbonyl (C=O) groups excluding carboxylic acids is 1. The van der Waals surface area contributed by atoms with Crippen LogP contribution in [0.15, 0.2) is 61.2 Å². The lowest BCUT2D eigenvalue weighted by Crippen LogP contribution is -2.47. The van der Waals surface area contributed by atoms with Crippen LogP contribution in [0.2, 0.25) is 0 Å². The molecular weight excluding hydrogens is 496 g/mol. The molecule has 1 aliphatic carbocycles. The topological polar surface area (TPSA) is 82.7 Å². The number of amides is 1. The number of carbonyl (C=O) groups is 1. The lowest BCUT2D eigenvalue weighted by Gasteiger charge is -2.37. The Bertz CT molecular complexity index is 1030. The van der Waals surface area contributed by atoms with E-state index in [4.69, 9.17) is 0 Å². The van der Waals surface area contributed by atoms with E-state index in [2.05, 4.69) is 25.8 Å². The maximum absolute atomic E-state index is 13.5. The van der Waals surface area contributed by atoms with Gasteiger partial charge in [0.05, 0.1) is 6.20 Å². The Balaban J connectivity index is 1.31. The van der Waals surface area contributed by atoms with Gasteiger partial charge in [0.2, 0.25) is 5.91 Å². The number of nitrogens with zero attached hydrogens (tertiary/aromatic N) is 2. The van der Waals surface area contributed by atoms with Crippen LogP contribution in [0.5, 0.6) is 0 Å². The fourth-order valence-electron chi connectivity index (χ4n) is 3.32. The summed E-state index contributed by atoms with van der Waals surface area (Å²) in [6, 6.07) is 9.75. The molecule has 6 nitrogen and oxygen atoms in total. The Kier molecular flexibility index (Phi) is 6.24. The number of alkyl halides is 2. The highest BCUT2D eigenvalue weighted by molar-refractivity contribution is 14.1. The monoisotopic (exact) mass is 517 g/mol. The molecule has 3 N–H and O–H groups in total. The highest BCUT2D eigenvalue weighted by Gasteiger charge is 2.41. The molecule has 1 aromatic carbocycles. The SMILES string of the molecule is O=C(/C=C/c1cnccc1-c1cn[nH]c1)Nc1ccc(CNC2CC(F)(I)C2)cc1. The van der Waals surface area contributed by atoms with E-state index in [1.165, 1.54) is 6.08 Å². The summed E-state index contributed by atoms with van der Waals surface area (Å²) >= 11 is 1.87. The summed E-state index contributed by atoms with van der Waals surface area (Å²) in [5.74, 6) is -0.223.